The Bertz CT molecular complexity index is 977. The Hall–Kier alpha value is -2.30. The van der Waals surface area contributed by atoms with Crippen LogP contribution in [0.5, 0.6) is 0 Å². The van der Waals surface area contributed by atoms with E-state index in [0.29, 0.717) is 31.5 Å². The minimum atomic E-state index is -3.07. The molecule has 29 heavy (non-hydrogen) atoms. The van der Waals surface area contributed by atoms with Crippen molar-refractivity contribution in [2.45, 2.75) is 50.5 Å². The molecule has 2 saturated heterocycles. The van der Waals surface area contributed by atoms with Crippen LogP contribution in [0, 0.1) is 0 Å². The van der Waals surface area contributed by atoms with Gasteiger partial charge in [0, 0.05) is 37.2 Å². The molecule has 0 aromatic heterocycles. The van der Waals surface area contributed by atoms with Crippen molar-refractivity contribution >= 4 is 27.6 Å². The fraction of sp³-hybridized carbons (Fsp3) is 0.526. The lowest BCUT2D eigenvalue weighted by molar-refractivity contribution is -0.136. The van der Waals surface area contributed by atoms with Crippen molar-refractivity contribution in [3.63, 3.8) is 0 Å². The van der Waals surface area contributed by atoms with Crippen molar-refractivity contribution in [1.29, 1.82) is 0 Å². The van der Waals surface area contributed by atoms with Crippen LogP contribution in [0.1, 0.15) is 40.7 Å². The van der Waals surface area contributed by atoms with Crippen LogP contribution in [-0.4, -0.2) is 60.7 Å². The van der Waals surface area contributed by atoms with E-state index in [4.69, 9.17) is 5.73 Å². The van der Waals surface area contributed by atoms with Crippen molar-refractivity contribution in [2.24, 2.45) is 5.73 Å². The van der Waals surface area contributed by atoms with Crippen LogP contribution in [0.15, 0.2) is 18.2 Å². The Labute approximate surface area is 168 Å². The average molecular weight is 420 g/mol. The molecule has 4 N–H and O–H groups in total. The number of rotatable bonds is 4. The van der Waals surface area contributed by atoms with Crippen LogP contribution in [0.4, 0.5) is 0 Å². The first-order valence-electron chi connectivity index (χ1n) is 9.69. The lowest BCUT2D eigenvalue weighted by atomic mass is 10.0. The number of imide groups is 1. The number of nitrogens with two attached hydrogens (primary N) is 1. The summed E-state index contributed by atoms with van der Waals surface area (Å²) in [7, 11) is -3.07. The number of benzene rings is 1. The molecule has 0 saturated carbocycles. The topological polar surface area (TPSA) is 139 Å². The van der Waals surface area contributed by atoms with Gasteiger partial charge in [-0.3, -0.25) is 19.7 Å². The average Bonchev–Trinajstić information content (AvgIpc) is 2.98. The van der Waals surface area contributed by atoms with Gasteiger partial charge in [-0.05, 0) is 30.0 Å². The van der Waals surface area contributed by atoms with Gasteiger partial charge in [-0.2, -0.15) is 0 Å². The SMILES string of the molecule is N[C@@H]1CCS(=O)(=O)C[C@H]1NCc1ccc2c(c1)CN(C1CCC(=O)NC1=O)C2=O. The second-order valence-electron chi connectivity index (χ2n) is 7.95. The second-order valence-corrected chi connectivity index (χ2v) is 10.2. The molecule has 4 rings (SSSR count). The molecule has 1 aromatic carbocycles. The maximum atomic E-state index is 12.7. The number of hydrogen-bond donors (Lipinski definition) is 3. The van der Waals surface area contributed by atoms with E-state index in [2.05, 4.69) is 10.6 Å². The van der Waals surface area contributed by atoms with E-state index in [1.807, 2.05) is 12.1 Å². The first-order chi connectivity index (χ1) is 13.7. The van der Waals surface area contributed by atoms with E-state index in [0.717, 1.165) is 11.1 Å². The molecule has 3 amide bonds. The number of amides is 3. The summed E-state index contributed by atoms with van der Waals surface area (Å²) in [5.41, 5.74) is 8.34. The second kappa shape index (κ2) is 7.51. The predicted molar refractivity (Wildman–Crippen MR) is 104 cm³/mol. The number of fused-ring (bicyclic) bond motifs is 1. The molecule has 2 fully saturated rings. The lowest BCUT2D eigenvalue weighted by Crippen LogP contribution is -2.53. The monoisotopic (exact) mass is 420 g/mol. The Kier molecular flexibility index (Phi) is 5.18. The summed E-state index contributed by atoms with van der Waals surface area (Å²) in [5, 5.41) is 5.52. The van der Waals surface area contributed by atoms with Gasteiger partial charge in [0.1, 0.15) is 6.04 Å². The quantitative estimate of drug-likeness (QED) is 0.534. The molecule has 3 aliphatic heterocycles. The molecule has 1 unspecified atom stereocenters. The molecule has 9 nitrogen and oxygen atoms in total. The van der Waals surface area contributed by atoms with E-state index < -0.39 is 21.8 Å². The number of nitrogens with one attached hydrogen (secondary N) is 2. The number of carbonyl (C=O) groups is 3. The first kappa shape index (κ1) is 20.0. The van der Waals surface area contributed by atoms with Crippen LogP contribution >= 0.6 is 0 Å². The highest BCUT2D eigenvalue weighted by Crippen LogP contribution is 2.28. The molecule has 3 atom stereocenters. The summed E-state index contributed by atoms with van der Waals surface area (Å²) in [6, 6.07) is 4.30. The summed E-state index contributed by atoms with van der Waals surface area (Å²) in [5.74, 6) is -0.803. The van der Waals surface area contributed by atoms with Crippen LogP contribution in [0.3, 0.4) is 0 Å². The standard InChI is InChI=1S/C19H24N4O5S/c20-14-5-6-29(27,28)10-15(14)21-8-11-1-2-13-12(7-11)9-23(19(13)26)16-3-4-17(24)22-18(16)25/h1-2,7,14-16,21H,3-6,8-10,20H2,(H,22,24,25)/t14-,15-,16?/m1/s1. The molecule has 156 valence electrons. The zero-order valence-electron chi connectivity index (χ0n) is 15.9. The Morgan fingerprint density at radius 1 is 1.21 bits per heavy atom. The van der Waals surface area contributed by atoms with Crippen molar-refractivity contribution < 1.29 is 22.8 Å². The van der Waals surface area contributed by atoms with Crippen molar-refractivity contribution in [2.75, 3.05) is 11.5 Å². The minimum absolute atomic E-state index is 0.0287. The third-order valence-electron chi connectivity index (χ3n) is 5.87. The maximum absolute atomic E-state index is 12.7. The van der Waals surface area contributed by atoms with Gasteiger partial charge in [0.25, 0.3) is 5.91 Å². The number of sulfone groups is 1. The molecule has 3 aliphatic rings. The largest absolute Gasteiger partial charge is 0.326 e. The first-order valence-corrected chi connectivity index (χ1v) is 11.5. The van der Waals surface area contributed by atoms with Gasteiger partial charge in [0.2, 0.25) is 11.8 Å². The zero-order valence-corrected chi connectivity index (χ0v) is 16.7. The summed E-state index contributed by atoms with van der Waals surface area (Å²) in [4.78, 5) is 37.7. The zero-order chi connectivity index (χ0) is 20.8. The van der Waals surface area contributed by atoms with Crippen molar-refractivity contribution in [3.05, 3.63) is 34.9 Å². The molecule has 1 aromatic rings. The summed E-state index contributed by atoms with van der Waals surface area (Å²) >= 11 is 0. The molecule has 0 radical (unpaired) electrons. The molecule has 3 heterocycles. The molecular weight excluding hydrogens is 396 g/mol. The maximum Gasteiger partial charge on any atom is 0.255 e. The summed E-state index contributed by atoms with van der Waals surface area (Å²) < 4.78 is 23.7. The van der Waals surface area contributed by atoms with E-state index in [9.17, 15) is 22.8 Å². The summed E-state index contributed by atoms with van der Waals surface area (Å²) in [6.07, 6.45) is 0.989. The highest BCUT2D eigenvalue weighted by atomic mass is 32.2. The number of nitrogens with zero attached hydrogens (tertiary/aromatic N) is 1. The predicted octanol–water partition coefficient (Wildman–Crippen LogP) is -0.948. The fourth-order valence-corrected chi connectivity index (χ4v) is 5.90. The van der Waals surface area contributed by atoms with Crippen LogP contribution < -0.4 is 16.4 Å². The Morgan fingerprint density at radius 3 is 2.76 bits per heavy atom. The van der Waals surface area contributed by atoms with Gasteiger partial charge >= 0.3 is 0 Å². The number of carbonyl (C=O) groups excluding carboxylic acids is 3. The van der Waals surface area contributed by atoms with Gasteiger partial charge < -0.3 is 16.0 Å². The number of piperidine rings is 1. The van der Waals surface area contributed by atoms with Crippen molar-refractivity contribution in [3.8, 4) is 0 Å². The van der Waals surface area contributed by atoms with E-state index in [1.165, 1.54) is 4.90 Å². The Balaban J connectivity index is 1.43. The molecule has 0 aliphatic carbocycles. The molecular formula is C19H24N4O5S. The van der Waals surface area contributed by atoms with E-state index in [1.54, 1.807) is 6.07 Å². The van der Waals surface area contributed by atoms with E-state index in [-0.39, 0.29) is 41.8 Å². The highest BCUT2D eigenvalue weighted by Gasteiger charge is 2.39. The van der Waals surface area contributed by atoms with Gasteiger partial charge in [-0.25, -0.2) is 8.42 Å². The lowest BCUT2D eigenvalue weighted by Gasteiger charge is -2.29. The smallest absolute Gasteiger partial charge is 0.255 e. The van der Waals surface area contributed by atoms with Gasteiger partial charge in [0.15, 0.2) is 9.84 Å². The molecule has 10 heteroatoms. The minimum Gasteiger partial charge on any atom is -0.326 e. The highest BCUT2D eigenvalue weighted by molar-refractivity contribution is 7.91. The van der Waals surface area contributed by atoms with E-state index >= 15 is 0 Å². The third kappa shape index (κ3) is 4.05. The Morgan fingerprint density at radius 2 is 2.00 bits per heavy atom. The number of hydrogen-bond acceptors (Lipinski definition) is 7. The van der Waals surface area contributed by atoms with Gasteiger partial charge in [0.05, 0.1) is 11.5 Å². The molecule has 0 bridgehead atoms. The van der Waals surface area contributed by atoms with Gasteiger partial charge in [-0.15, -0.1) is 0 Å². The van der Waals surface area contributed by atoms with Crippen LogP contribution in [0.25, 0.3) is 0 Å². The van der Waals surface area contributed by atoms with Crippen LogP contribution in [-0.2, 0) is 32.5 Å². The summed E-state index contributed by atoms with van der Waals surface area (Å²) in [6.45, 7) is 0.749. The van der Waals surface area contributed by atoms with Crippen molar-refractivity contribution in [1.82, 2.24) is 15.5 Å². The molecule has 0 spiro atoms. The normalized spacial score (nSPS) is 28.9. The fourth-order valence-electron chi connectivity index (χ4n) is 4.19. The van der Waals surface area contributed by atoms with Crippen LogP contribution in [0.2, 0.25) is 0 Å². The van der Waals surface area contributed by atoms with Gasteiger partial charge in [-0.1, -0.05) is 12.1 Å². The third-order valence-corrected chi connectivity index (χ3v) is 7.59.